The van der Waals surface area contributed by atoms with Gasteiger partial charge in [-0.15, -0.1) is 0 Å². The molecule has 0 saturated heterocycles. The SMILES string of the molecule is CCOCCCC(=O)NCC(N)=O. The van der Waals surface area contributed by atoms with Crippen LogP contribution in [-0.2, 0) is 14.3 Å². The molecule has 2 amide bonds. The van der Waals surface area contributed by atoms with Gasteiger partial charge in [-0.05, 0) is 13.3 Å². The summed E-state index contributed by atoms with van der Waals surface area (Å²) in [6.07, 6.45) is 1.03. The van der Waals surface area contributed by atoms with Crippen LogP contribution in [0.2, 0.25) is 0 Å². The lowest BCUT2D eigenvalue weighted by atomic mass is 10.3. The summed E-state index contributed by atoms with van der Waals surface area (Å²) in [6, 6.07) is 0. The summed E-state index contributed by atoms with van der Waals surface area (Å²) in [7, 11) is 0. The van der Waals surface area contributed by atoms with Crippen LogP contribution in [0.3, 0.4) is 0 Å². The summed E-state index contributed by atoms with van der Waals surface area (Å²) in [5.74, 6) is -0.698. The van der Waals surface area contributed by atoms with E-state index in [1.54, 1.807) is 0 Å². The molecule has 0 aliphatic carbocycles. The van der Waals surface area contributed by atoms with Crippen molar-refractivity contribution in [2.24, 2.45) is 5.73 Å². The van der Waals surface area contributed by atoms with Crippen LogP contribution in [0.4, 0.5) is 0 Å². The van der Waals surface area contributed by atoms with Gasteiger partial charge in [0.1, 0.15) is 0 Å². The highest BCUT2D eigenvalue weighted by atomic mass is 16.5. The summed E-state index contributed by atoms with van der Waals surface area (Å²) < 4.78 is 5.04. The number of nitrogens with two attached hydrogens (primary N) is 1. The average molecular weight is 188 g/mol. The topological polar surface area (TPSA) is 81.4 Å². The molecule has 3 N–H and O–H groups in total. The zero-order chi connectivity index (χ0) is 10.1. The molecule has 0 aliphatic rings. The van der Waals surface area contributed by atoms with Crippen molar-refractivity contribution in [1.29, 1.82) is 0 Å². The fourth-order valence-electron chi connectivity index (χ4n) is 0.753. The average Bonchev–Trinajstić information content (AvgIpc) is 2.09. The lowest BCUT2D eigenvalue weighted by molar-refractivity contribution is -0.125. The van der Waals surface area contributed by atoms with Crippen LogP contribution in [0, 0.1) is 0 Å². The van der Waals surface area contributed by atoms with E-state index in [1.807, 2.05) is 6.92 Å². The summed E-state index contributed by atoms with van der Waals surface area (Å²) in [4.78, 5) is 21.2. The predicted octanol–water partition coefficient (Wildman–Crippen LogP) is -0.595. The Balaban J connectivity index is 3.25. The van der Waals surface area contributed by atoms with Crippen molar-refractivity contribution in [2.75, 3.05) is 19.8 Å². The van der Waals surface area contributed by atoms with Gasteiger partial charge in [-0.25, -0.2) is 0 Å². The molecule has 13 heavy (non-hydrogen) atoms. The Morgan fingerprint density at radius 2 is 2.15 bits per heavy atom. The number of amides is 2. The van der Waals surface area contributed by atoms with Gasteiger partial charge in [-0.1, -0.05) is 0 Å². The van der Waals surface area contributed by atoms with E-state index in [0.29, 0.717) is 26.1 Å². The van der Waals surface area contributed by atoms with Gasteiger partial charge < -0.3 is 15.8 Å². The Morgan fingerprint density at radius 3 is 2.69 bits per heavy atom. The second-order valence-electron chi connectivity index (χ2n) is 2.54. The number of primary amides is 1. The molecule has 0 heterocycles. The monoisotopic (exact) mass is 188 g/mol. The molecule has 0 bridgehead atoms. The van der Waals surface area contributed by atoms with Crippen molar-refractivity contribution >= 4 is 11.8 Å². The van der Waals surface area contributed by atoms with E-state index in [1.165, 1.54) is 0 Å². The molecular weight excluding hydrogens is 172 g/mol. The highest BCUT2D eigenvalue weighted by Crippen LogP contribution is 1.89. The van der Waals surface area contributed by atoms with E-state index in [9.17, 15) is 9.59 Å². The first-order valence-electron chi connectivity index (χ1n) is 4.29. The normalized spacial score (nSPS) is 9.62. The van der Waals surface area contributed by atoms with E-state index in [-0.39, 0.29) is 12.5 Å². The van der Waals surface area contributed by atoms with Crippen LogP contribution >= 0.6 is 0 Å². The van der Waals surface area contributed by atoms with Crippen molar-refractivity contribution in [3.05, 3.63) is 0 Å². The Labute approximate surface area is 77.6 Å². The number of carbonyl (C=O) groups is 2. The third kappa shape index (κ3) is 8.81. The third-order valence-electron chi connectivity index (χ3n) is 1.36. The molecule has 0 rings (SSSR count). The number of hydrogen-bond acceptors (Lipinski definition) is 3. The van der Waals surface area contributed by atoms with E-state index >= 15 is 0 Å². The van der Waals surface area contributed by atoms with Gasteiger partial charge >= 0.3 is 0 Å². The molecular formula is C8H16N2O3. The number of nitrogens with one attached hydrogen (secondary N) is 1. The van der Waals surface area contributed by atoms with Crippen LogP contribution in [0.25, 0.3) is 0 Å². The molecule has 76 valence electrons. The van der Waals surface area contributed by atoms with E-state index in [2.05, 4.69) is 5.32 Å². The molecule has 0 aromatic rings. The maximum atomic E-state index is 10.9. The van der Waals surface area contributed by atoms with Crippen LogP contribution in [0.1, 0.15) is 19.8 Å². The lowest BCUT2D eigenvalue weighted by Gasteiger charge is -2.02. The van der Waals surface area contributed by atoms with Gasteiger partial charge in [0.05, 0.1) is 6.54 Å². The van der Waals surface area contributed by atoms with E-state index in [0.717, 1.165) is 0 Å². The predicted molar refractivity (Wildman–Crippen MR) is 47.9 cm³/mol. The van der Waals surface area contributed by atoms with Crippen molar-refractivity contribution < 1.29 is 14.3 Å². The largest absolute Gasteiger partial charge is 0.382 e. The first-order valence-corrected chi connectivity index (χ1v) is 4.29. The minimum absolute atomic E-state index is 0.0898. The van der Waals surface area contributed by atoms with Gasteiger partial charge in [-0.3, -0.25) is 9.59 Å². The molecule has 0 radical (unpaired) electrons. The van der Waals surface area contributed by atoms with E-state index < -0.39 is 5.91 Å². The van der Waals surface area contributed by atoms with Crippen LogP contribution in [0.5, 0.6) is 0 Å². The van der Waals surface area contributed by atoms with Gasteiger partial charge in [0.25, 0.3) is 0 Å². The van der Waals surface area contributed by atoms with Gasteiger partial charge in [-0.2, -0.15) is 0 Å². The Morgan fingerprint density at radius 1 is 1.46 bits per heavy atom. The standard InChI is InChI=1S/C8H16N2O3/c1-2-13-5-3-4-8(12)10-6-7(9)11/h2-6H2,1H3,(H2,9,11)(H,10,12). The number of carbonyl (C=O) groups excluding carboxylic acids is 2. The van der Waals surface area contributed by atoms with Crippen molar-refractivity contribution in [1.82, 2.24) is 5.32 Å². The number of rotatable bonds is 7. The zero-order valence-corrected chi connectivity index (χ0v) is 7.84. The Hall–Kier alpha value is -1.10. The second-order valence-corrected chi connectivity index (χ2v) is 2.54. The highest BCUT2D eigenvalue weighted by molar-refractivity contribution is 5.83. The summed E-state index contributed by atoms with van der Waals surface area (Å²) in [6.45, 7) is 3.03. The highest BCUT2D eigenvalue weighted by Gasteiger charge is 2.01. The fraction of sp³-hybridized carbons (Fsp3) is 0.750. The van der Waals surface area contributed by atoms with Crippen molar-refractivity contribution in [3.8, 4) is 0 Å². The molecule has 5 nitrogen and oxygen atoms in total. The Kier molecular flexibility index (Phi) is 6.91. The first-order chi connectivity index (χ1) is 6.16. The molecule has 0 fully saturated rings. The fourth-order valence-corrected chi connectivity index (χ4v) is 0.753. The van der Waals surface area contributed by atoms with Crippen molar-refractivity contribution in [3.63, 3.8) is 0 Å². The van der Waals surface area contributed by atoms with Gasteiger partial charge in [0.2, 0.25) is 11.8 Å². The van der Waals surface area contributed by atoms with Crippen LogP contribution in [0.15, 0.2) is 0 Å². The molecule has 0 aromatic carbocycles. The summed E-state index contributed by atoms with van der Waals surface area (Å²) in [5, 5.41) is 2.39. The second kappa shape index (κ2) is 7.54. The molecule has 0 aliphatic heterocycles. The first kappa shape index (κ1) is 11.9. The molecule has 0 saturated carbocycles. The molecule has 0 atom stereocenters. The maximum absolute atomic E-state index is 10.9. The lowest BCUT2D eigenvalue weighted by Crippen LogP contribution is -2.33. The minimum atomic E-state index is -0.529. The molecule has 0 spiro atoms. The third-order valence-corrected chi connectivity index (χ3v) is 1.36. The minimum Gasteiger partial charge on any atom is -0.382 e. The molecule has 0 aromatic heterocycles. The summed E-state index contributed by atoms with van der Waals surface area (Å²) in [5.41, 5.74) is 4.84. The van der Waals surface area contributed by atoms with Gasteiger partial charge in [0.15, 0.2) is 0 Å². The summed E-state index contributed by atoms with van der Waals surface area (Å²) >= 11 is 0. The number of hydrogen-bond donors (Lipinski definition) is 2. The van der Waals surface area contributed by atoms with Gasteiger partial charge in [0, 0.05) is 19.6 Å². The Bertz CT molecular complexity index is 171. The molecule has 5 heteroatoms. The van der Waals surface area contributed by atoms with Crippen LogP contribution < -0.4 is 11.1 Å². The smallest absolute Gasteiger partial charge is 0.236 e. The van der Waals surface area contributed by atoms with E-state index in [4.69, 9.17) is 10.5 Å². The van der Waals surface area contributed by atoms with Crippen LogP contribution in [-0.4, -0.2) is 31.6 Å². The molecule has 0 unspecified atom stereocenters. The number of ether oxygens (including phenoxy) is 1. The van der Waals surface area contributed by atoms with Crippen molar-refractivity contribution in [2.45, 2.75) is 19.8 Å². The quantitative estimate of drug-likeness (QED) is 0.524. The maximum Gasteiger partial charge on any atom is 0.236 e. The zero-order valence-electron chi connectivity index (χ0n) is 7.84.